The van der Waals surface area contributed by atoms with Gasteiger partial charge in [-0.05, 0) is 36.6 Å². The number of carboxylic acid groups (broad SMARTS) is 1. The maximum Gasteiger partial charge on any atom is 0.306 e. The van der Waals surface area contributed by atoms with E-state index in [1.807, 2.05) is 0 Å². The molecule has 1 unspecified atom stereocenters. The summed E-state index contributed by atoms with van der Waals surface area (Å²) in [6.45, 7) is 3.27. The maximum atomic E-state index is 13.0. The molecule has 0 amide bonds. The molecular formula is C11H13FO3. The molecule has 0 aromatic heterocycles. The van der Waals surface area contributed by atoms with Gasteiger partial charge in [0.15, 0.2) is 11.6 Å². The third-order valence-corrected chi connectivity index (χ3v) is 2.35. The normalized spacial score (nSPS) is 12.5. The number of aryl methyl sites for hydroxylation is 1. The first kappa shape index (κ1) is 11.5. The molecule has 15 heavy (non-hydrogen) atoms. The van der Waals surface area contributed by atoms with Crippen LogP contribution in [0.15, 0.2) is 12.1 Å². The molecule has 82 valence electrons. The number of hydrogen-bond acceptors (Lipinski definition) is 2. The summed E-state index contributed by atoms with van der Waals surface area (Å²) >= 11 is 0. The number of halogens is 1. The Kier molecular flexibility index (Phi) is 3.29. The minimum Gasteiger partial charge on any atom is -0.505 e. The van der Waals surface area contributed by atoms with Crippen molar-refractivity contribution in [3.8, 4) is 5.75 Å². The first-order valence-corrected chi connectivity index (χ1v) is 4.62. The fourth-order valence-corrected chi connectivity index (χ4v) is 1.34. The smallest absolute Gasteiger partial charge is 0.306 e. The summed E-state index contributed by atoms with van der Waals surface area (Å²) < 4.78 is 13.0. The standard InChI is InChI=1S/C11H13FO3/c1-6-4-10(13)9(12)5-8(6)3-7(2)11(14)15/h4-5,7,13H,3H2,1-2H3,(H,14,15). The van der Waals surface area contributed by atoms with E-state index in [4.69, 9.17) is 10.2 Å². The van der Waals surface area contributed by atoms with Crippen molar-refractivity contribution in [2.24, 2.45) is 5.92 Å². The van der Waals surface area contributed by atoms with Gasteiger partial charge in [0.05, 0.1) is 5.92 Å². The van der Waals surface area contributed by atoms with Gasteiger partial charge in [0.25, 0.3) is 0 Å². The van der Waals surface area contributed by atoms with Crippen molar-refractivity contribution < 1.29 is 19.4 Å². The van der Waals surface area contributed by atoms with Gasteiger partial charge in [-0.2, -0.15) is 0 Å². The van der Waals surface area contributed by atoms with Crippen LogP contribution in [0.3, 0.4) is 0 Å². The second-order valence-corrected chi connectivity index (χ2v) is 3.67. The number of phenolic OH excluding ortho intramolecular Hbond substituents is 1. The maximum absolute atomic E-state index is 13.0. The molecule has 3 nitrogen and oxygen atoms in total. The lowest BCUT2D eigenvalue weighted by Gasteiger charge is -2.10. The van der Waals surface area contributed by atoms with Crippen LogP contribution in [0.2, 0.25) is 0 Å². The molecule has 1 aromatic rings. The van der Waals surface area contributed by atoms with Gasteiger partial charge < -0.3 is 10.2 Å². The van der Waals surface area contributed by atoms with E-state index in [0.29, 0.717) is 11.1 Å². The highest BCUT2D eigenvalue weighted by Crippen LogP contribution is 2.22. The Balaban J connectivity index is 2.95. The summed E-state index contributed by atoms with van der Waals surface area (Å²) in [7, 11) is 0. The number of hydrogen-bond donors (Lipinski definition) is 2. The van der Waals surface area contributed by atoms with Gasteiger partial charge in [-0.3, -0.25) is 4.79 Å². The molecule has 0 bridgehead atoms. The van der Waals surface area contributed by atoms with Crippen molar-refractivity contribution in [1.82, 2.24) is 0 Å². The van der Waals surface area contributed by atoms with E-state index in [1.165, 1.54) is 12.1 Å². The van der Waals surface area contributed by atoms with Crippen LogP contribution in [-0.2, 0) is 11.2 Å². The van der Waals surface area contributed by atoms with Gasteiger partial charge in [-0.25, -0.2) is 4.39 Å². The quantitative estimate of drug-likeness (QED) is 0.806. The molecule has 0 saturated heterocycles. The molecule has 4 heteroatoms. The predicted octanol–water partition coefficient (Wildman–Crippen LogP) is 2.10. The summed E-state index contributed by atoms with van der Waals surface area (Å²) in [6.07, 6.45) is 0.262. The molecular weight excluding hydrogens is 199 g/mol. The molecule has 0 aliphatic carbocycles. The van der Waals surface area contributed by atoms with E-state index in [1.54, 1.807) is 13.8 Å². The average molecular weight is 212 g/mol. The third-order valence-electron chi connectivity index (χ3n) is 2.35. The second kappa shape index (κ2) is 4.29. The van der Waals surface area contributed by atoms with Crippen LogP contribution < -0.4 is 0 Å². The highest BCUT2D eigenvalue weighted by Gasteiger charge is 2.14. The van der Waals surface area contributed by atoms with E-state index in [0.717, 1.165) is 0 Å². The summed E-state index contributed by atoms with van der Waals surface area (Å²) in [5, 5.41) is 17.8. The molecule has 1 atom stereocenters. The van der Waals surface area contributed by atoms with E-state index < -0.39 is 23.5 Å². The number of rotatable bonds is 3. The Labute approximate surface area is 87.2 Å². The molecule has 0 saturated carbocycles. The zero-order valence-electron chi connectivity index (χ0n) is 8.62. The zero-order valence-corrected chi connectivity index (χ0v) is 8.62. The van der Waals surface area contributed by atoms with E-state index >= 15 is 0 Å². The van der Waals surface area contributed by atoms with Gasteiger partial charge in [-0.1, -0.05) is 6.92 Å². The van der Waals surface area contributed by atoms with Crippen molar-refractivity contribution >= 4 is 5.97 Å². The van der Waals surface area contributed by atoms with Gasteiger partial charge >= 0.3 is 5.97 Å². The number of carboxylic acids is 1. The topological polar surface area (TPSA) is 57.5 Å². The van der Waals surface area contributed by atoms with Crippen LogP contribution in [0.1, 0.15) is 18.1 Å². The van der Waals surface area contributed by atoms with Crippen LogP contribution >= 0.6 is 0 Å². The summed E-state index contributed by atoms with van der Waals surface area (Å²) in [6, 6.07) is 2.49. The lowest BCUT2D eigenvalue weighted by atomic mass is 9.97. The van der Waals surface area contributed by atoms with Crippen LogP contribution in [0.25, 0.3) is 0 Å². The van der Waals surface area contributed by atoms with Gasteiger partial charge in [0.2, 0.25) is 0 Å². The highest BCUT2D eigenvalue weighted by molar-refractivity contribution is 5.70. The highest BCUT2D eigenvalue weighted by atomic mass is 19.1. The van der Waals surface area contributed by atoms with Gasteiger partial charge in [0.1, 0.15) is 0 Å². The van der Waals surface area contributed by atoms with Crippen molar-refractivity contribution in [1.29, 1.82) is 0 Å². The number of phenols is 1. The molecule has 0 spiro atoms. The molecule has 0 aliphatic rings. The van der Waals surface area contributed by atoms with Crippen molar-refractivity contribution in [3.05, 3.63) is 29.1 Å². The first-order valence-electron chi connectivity index (χ1n) is 4.62. The van der Waals surface area contributed by atoms with Gasteiger partial charge in [-0.15, -0.1) is 0 Å². The fourth-order valence-electron chi connectivity index (χ4n) is 1.34. The summed E-state index contributed by atoms with van der Waals surface area (Å²) in [4.78, 5) is 10.6. The molecule has 0 fully saturated rings. The van der Waals surface area contributed by atoms with Crippen LogP contribution in [0, 0.1) is 18.7 Å². The second-order valence-electron chi connectivity index (χ2n) is 3.67. The lowest BCUT2D eigenvalue weighted by Crippen LogP contribution is -2.13. The van der Waals surface area contributed by atoms with Crippen molar-refractivity contribution in [3.63, 3.8) is 0 Å². The lowest BCUT2D eigenvalue weighted by molar-refractivity contribution is -0.141. The van der Waals surface area contributed by atoms with E-state index in [2.05, 4.69) is 0 Å². The molecule has 0 radical (unpaired) electrons. The molecule has 0 aliphatic heterocycles. The third kappa shape index (κ3) is 2.68. The Morgan fingerprint density at radius 2 is 2.13 bits per heavy atom. The SMILES string of the molecule is Cc1cc(O)c(F)cc1CC(C)C(=O)O. The Morgan fingerprint density at radius 1 is 1.53 bits per heavy atom. The average Bonchev–Trinajstić information content (AvgIpc) is 2.13. The molecule has 1 rings (SSSR count). The Hall–Kier alpha value is -1.58. The number of benzene rings is 1. The van der Waals surface area contributed by atoms with E-state index in [9.17, 15) is 9.18 Å². The summed E-state index contributed by atoms with van der Waals surface area (Å²) in [5.41, 5.74) is 1.31. The predicted molar refractivity (Wildman–Crippen MR) is 53.3 cm³/mol. The molecule has 2 N–H and O–H groups in total. The fraction of sp³-hybridized carbons (Fsp3) is 0.364. The van der Waals surface area contributed by atoms with Crippen LogP contribution in [-0.4, -0.2) is 16.2 Å². The molecule has 0 heterocycles. The number of aliphatic carboxylic acids is 1. The Morgan fingerprint density at radius 3 is 2.67 bits per heavy atom. The first-order chi connectivity index (χ1) is 6.91. The monoisotopic (exact) mass is 212 g/mol. The zero-order chi connectivity index (χ0) is 11.6. The molecule has 1 aromatic carbocycles. The van der Waals surface area contributed by atoms with Gasteiger partial charge in [0, 0.05) is 0 Å². The Bertz CT molecular complexity index is 388. The summed E-state index contributed by atoms with van der Waals surface area (Å²) in [5.74, 6) is -2.59. The minimum absolute atomic E-state index is 0.262. The largest absolute Gasteiger partial charge is 0.505 e. The minimum atomic E-state index is -0.914. The van der Waals surface area contributed by atoms with Crippen LogP contribution in [0.4, 0.5) is 4.39 Å². The van der Waals surface area contributed by atoms with E-state index in [-0.39, 0.29) is 6.42 Å². The number of carbonyl (C=O) groups is 1. The van der Waals surface area contributed by atoms with Crippen molar-refractivity contribution in [2.45, 2.75) is 20.3 Å². The number of aromatic hydroxyl groups is 1. The van der Waals surface area contributed by atoms with Crippen molar-refractivity contribution in [2.75, 3.05) is 0 Å². The van der Waals surface area contributed by atoms with Crippen LogP contribution in [0.5, 0.6) is 5.75 Å².